The van der Waals surface area contributed by atoms with Crippen molar-refractivity contribution in [3.63, 3.8) is 0 Å². The quantitative estimate of drug-likeness (QED) is 0.505. The molecule has 4 aromatic rings. The van der Waals surface area contributed by atoms with Crippen molar-refractivity contribution in [3.8, 4) is 17.1 Å². The van der Waals surface area contributed by atoms with E-state index in [-0.39, 0.29) is 5.56 Å². The van der Waals surface area contributed by atoms with Crippen LogP contribution >= 0.6 is 0 Å². The van der Waals surface area contributed by atoms with Crippen molar-refractivity contribution in [2.45, 2.75) is 0 Å². The standard InChI is InChI=1S/C22H20N4O2/c1-28-18-13-11-17(12-14-18)23-15-24-26-21(16-7-3-2-4-8-16)25-20-10-6-5-9-19(20)22(26)27/h2-14,23-24H,15H2,1H3. The van der Waals surface area contributed by atoms with Crippen LogP contribution in [0.25, 0.3) is 22.3 Å². The minimum absolute atomic E-state index is 0.138. The molecule has 4 rings (SSSR count). The molecule has 0 aliphatic heterocycles. The Labute approximate surface area is 162 Å². The Morgan fingerprint density at radius 2 is 1.64 bits per heavy atom. The topological polar surface area (TPSA) is 68.2 Å². The highest BCUT2D eigenvalue weighted by Gasteiger charge is 2.12. The third kappa shape index (κ3) is 3.53. The molecule has 0 bridgehead atoms. The van der Waals surface area contributed by atoms with Crippen molar-refractivity contribution in [1.29, 1.82) is 0 Å². The first kappa shape index (κ1) is 17.6. The number of hydrogen-bond acceptors (Lipinski definition) is 5. The Balaban J connectivity index is 1.66. The number of methoxy groups -OCH3 is 1. The lowest BCUT2D eigenvalue weighted by atomic mass is 10.2. The summed E-state index contributed by atoms with van der Waals surface area (Å²) in [4.78, 5) is 17.8. The number of nitrogens with zero attached hydrogens (tertiary/aromatic N) is 2. The van der Waals surface area contributed by atoms with Gasteiger partial charge in [-0.05, 0) is 36.4 Å². The molecule has 0 unspecified atom stereocenters. The number of hydrogen-bond donors (Lipinski definition) is 2. The maximum Gasteiger partial charge on any atom is 0.280 e. The summed E-state index contributed by atoms with van der Waals surface area (Å²) in [6.07, 6.45) is 0. The van der Waals surface area contributed by atoms with Crippen LogP contribution in [0.1, 0.15) is 0 Å². The summed E-state index contributed by atoms with van der Waals surface area (Å²) in [6.45, 7) is 0.353. The van der Waals surface area contributed by atoms with Gasteiger partial charge in [0.05, 0.1) is 24.7 Å². The van der Waals surface area contributed by atoms with E-state index in [0.29, 0.717) is 23.4 Å². The summed E-state index contributed by atoms with van der Waals surface area (Å²) >= 11 is 0. The van der Waals surface area contributed by atoms with E-state index in [0.717, 1.165) is 17.0 Å². The van der Waals surface area contributed by atoms with Crippen molar-refractivity contribution >= 4 is 16.6 Å². The van der Waals surface area contributed by atoms with E-state index in [1.54, 1.807) is 13.2 Å². The van der Waals surface area contributed by atoms with Gasteiger partial charge in [-0.1, -0.05) is 42.5 Å². The number of para-hydroxylation sites is 1. The van der Waals surface area contributed by atoms with Gasteiger partial charge in [0.2, 0.25) is 0 Å². The molecule has 3 aromatic carbocycles. The number of aromatic nitrogens is 2. The van der Waals surface area contributed by atoms with E-state index in [9.17, 15) is 4.79 Å². The van der Waals surface area contributed by atoms with Gasteiger partial charge in [-0.3, -0.25) is 4.79 Å². The minimum atomic E-state index is -0.138. The Kier molecular flexibility index (Phi) is 4.93. The summed E-state index contributed by atoms with van der Waals surface area (Å²) < 4.78 is 6.66. The molecule has 0 atom stereocenters. The lowest BCUT2D eigenvalue weighted by molar-refractivity contribution is 0.415. The molecule has 0 saturated carbocycles. The SMILES string of the molecule is COc1ccc(NCNn2c(-c3ccccc3)nc3ccccc3c2=O)cc1. The van der Waals surface area contributed by atoms with Crippen molar-refractivity contribution in [1.82, 2.24) is 9.66 Å². The number of nitrogens with one attached hydrogen (secondary N) is 2. The molecule has 0 amide bonds. The largest absolute Gasteiger partial charge is 0.497 e. The van der Waals surface area contributed by atoms with E-state index < -0.39 is 0 Å². The molecule has 0 spiro atoms. The summed E-state index contributed by atoms with van der Waals surface area (Å²) in [6, 6.07) is 24.6. The third-order valence-corrected chi connectivity index (χ3v) is 4.43. The molecular formula is C22H20N4O2. The molecule has 0 fully saturated rings. The Morgan fingerprint density at radius 3 is 2.39 bits per heavy atom. The van der Waals surface area contributed by atoms with Crippen LogP contribution in [0, 0.1) is 0 Å². The summed E-state index contributed by atoms with van der Waals surface area (Å²) in [5.41, 5.74) is 5.46. The maximum atomic E-state index is 13.1. The van der Waals surface area contributed by atoms with Crippen molar-refractivity contribution in [3.05, 3.63) is 89.2 Å². The lowest BCUT2D eigenvalue weighted by Crippen LogP contribution is -2.34. The highest BCUT2D eigenvalue weighted by Crippen LogP contribution is 2.18. The predicted octanol–water partition coefficient (Wildman–Crippen LogP) is 3.69. The van der Waals surface area contributed by atoms with E-state index in [4.69, 9.17) is 9.72 Å². The monoisotopic (exact) mass is 372 g/mol. The van der Waals surface area contributed by atoms with Crippen LogP contribution in [0.2, 0.25) is 0 Å². The maximum absolute atomic E-state index is 13.1. The molecule has 0 aliphatic rings. The number of benzene rings is 3. The first-order valence-corrected chi connectivity index (χ1v) is 8.95. The van der Waals surface area contributed by atoms with Crippen LogP contribution in [0.4, 0.5) is 5.69 Å². The summed E-state index contributed by atoms with van der Waals surface area (Å²) in [5, 5.41) is 3.81. The third-order valence-electron chi connectivity index (χ3n) is 4.43. The number of anilines is 1. The lowest BCUT2D eigenvalue weighted by Gasteiger charge is -2.16. The second-order valence-corrected chi connectivity index (χ2v) is 6.20. The highest BCUT2D eigenvalue weighted by molar-refractivity contribution is 5.79. The molecule has 140 valence electrons. The number of ether oxygens (including phenoxy) is 1. The van der Waals surface area contributed by atoms with Gasteiger partial charge in [0.15, 0.2) is 5.82 Å². The van der Waals surface area contributed by atoms with Crippen LogP contribution in [-0.2, 0) is 0 Å². The average Bonchev–Trinajstić information content (AvgIpc) is 2.76. The van der Waals surface area contributed by atoms with Gasteiger partial charge in [0.1, 0.15) is 5.75 Å². The summed E-state index contributed by atoms with van der Waals surface area (Å²) in [5.74, 6) is 1.36. The normalized spacial score (nSPS) is 10.6. The Morgan fingerprint density at radius 1 is 0.929 bits per heavy atom. The zero-order chi connectivity index (χ0) is 19.3. The number of rotatable bonds is 6. The van der Waals surface area contributed by atoms with Crippen LogP contribution in [0.15, 0.2) is 83.7 Å². The van der Waals surface area contributed by atoms with Crippen molar-refractivity contribution < 1.29 is 4.74 Å². The molecule has 6 heteroatoms. The first-order valence-electron chi connectivity index (χ1n) is 8.95. The smallest absolute Gasteiger partial charge is 0.280 e. The Bertz CT molecular complexity index is 1140. The van der Waals surface area contributed by atoms with Gasteiger partial charge in [-0.2, -0.15) is 0 Å². The van der Waals surface area contributed by atoms with Gasteiger partial charge in [-0.15, -0.1) is 0 Å². The molecular weight excluding hydrogens is 352 g/mol. The first-order chi connectivity index (χ1) is 13.8. The highest BCUT2D eigenvalue weighted by atomic mass is 16.5. The molecule has 28 heavy (non-hydrogen) atoms. The molecule has 6 nitrogen and oxygen atoms in total. The van der Waals surface area contributed by atoms with E-state index in [2.05, 4.69) is 10.7 Å². The van der Waals surface area contributed by atoms with E-state index in [1.807, 2.05) is 72.8 Å². The Hall–Kier alpha value is -3.80. The summed E-state index contributed by atoms with van der Waals surface area (Å²) in [7, 11) is 1.63. The van der Waals surface area contributed by atoms with Crippen LogP contribution in [0.3, 0.4) is 0 Å². The molecule has 1 heterocycles. The molecule has 0 saturated heterocycles. The van der Waals surface area contributed by atoms with Crippen LogP contribution < -0.4 is 21.0 Å². The fraction of sp³-hybridized carbons (Fsp3) is 0.0909. The fourth-order valence-electron chi connectivity index (χ4n) is 2.99. The van der Waals surface area contributed by atoms with Gasteiger partial charge in [0.25, 0.3) is 5.56 Å². The van der Waals surface area contributed by atoms with Crippen molar-refractivity contribution in [2.75, 3.05) is 24.5 Å². The zero-order valence-electron chi connectivity index (χ0n) is 15.4. The molecule has 0 radical (unpaired) electrons. The fourth-order valence-corrected chi connectivity index (χ4v) is 2.99. The van der Waals surface area contributed by atoms with E-state index in [1.165, 1.54) is 4.68 Å². The van der Waals surface area contributed by atoms with E-state index >= 15 is 0 Å². The second-order valence-electron chi connectivity index (χ2n) is 6.20. The van der Waals surface area contributed by atoms with Gasteiger partial charge < -0.3 is 15.5 Å². The molecule has 0 aliphatic carbocycles. The predicted molar refractivity (Wildman–Crippen MR) is 112 cm³/mol. The zero-order valence-corrected chi connectivity index (χ0v) is 15.4. The molecule has 1 aromatic heterocycles. The number of fused-ring (bicyclic) bond motifs is 1. The second kappa shape index (κ2) is 7.84. The van der Waals surface area contributed by atoms with Gasteiger partial charge in [-0.25, -0.2) is 9.66 Å². The minimum Gasteiger partial charge on any atom is -0.497 e. The van der Waals surface area contributed by atoms with Crippen molar-refractivity contribution in [2.24, 2.45) is 0 Å². The average molecular weight is 372 g/mol. The molecule has 2 N–H and O–H groups in total. The van der Waals surface area contributed by atoms with Gasteiger partial charge >= 0.3 is 0 Å². The van der Waals surface area contributed by atoms with Crippen LogP contribution in [0.5, 0.6) is 5.75 Å². The van der Waals surface area contributed by atoms with Crippen LogP contribution in [-0.4, -0.2) is 23.4 Å². The van der Waals surface area contributed by atoms with Gasteiger partial charge in [0, 0.05) is 11.3 Å².